The number of aromatic nitrogens is 2. The topological polar surface area (TPSA) is 111 Å². The molecule has 17 heavy (non-hydrogen) atoms. The van der Waals surface area contributed by atoms with Crippen molar-refractivity contribution in [1.29, 1.82) is 0 Å². The SMILES string of the molecule is Cc1nc(NCc2ccon2)sc1S(N)(=O)=O. The number of nitrogens with one attached hydrogen (secondary N) is 1. The Morgan fingerprint density at radius 2 is 2.35 bits per heavy atom. The summed E-state index contributed by atoms with van der Waals surface area (Å²) in [4.78, 5) is 4.07. The molecule has 3 N–H and O–H groups in total. The molecule has 0 aromatic carbocycles. The second-order valence-corrected chi connectivity index (χ2v) is 6.04. The van der Waals surface area contributed by atoms with E-state index in [1.54, 1.807) is 13.0 Å². The van der Waals surface area contributed by atoms with Gasteiger partial charge in [0.25, 0.3) is 0 Å². The standard InChI is InChI=1S/C8H10N4O3S2/c1-5-7(17(9,13)14)16-8(11-5)10-4-6-2-3-15-12-6/h2-3H,4H2,1H3,(H,10,11)(H2,9,13,14). The van der Waals surface area contributed by atoms with Crippen LogP contribution in [0, 0.1) is 6.92 Å². The fourth-order valence-electron chi connectivity index (χ4n) is 1.22. The molecule has 0 bridgehead atoms. The van der Waals surface area contributed by atoms with Gasteiger partial charge in [0.2, 0.25) is 10.0 Å². The van der Waals surface area contributed by atoms with Crippen LogP contribution in [0.1, 0.15) is 11.4 Å². The molecule has 0 spiro atoms. The summed E-state index contributed by atoms with van der Waals surface area (Å²) in [5.74, 6) is 0. The first-order valence-electron chi connectivity index (χ1n) is 4.60. The van der Waals surface area contributed by atoms with Crippen molar-refractivity contribution < 1.29 is 12.9 Å². The lowest BCUT2D eigenvalue weighted by Gasteiger charge is -1.96. The molecule has 0 saturated carbocycles. The summed E-state index contributed by atoms with van der Waals surface area (Å²) in [5.41, 5.74) is 1.09. The molecule has 0 saturated heterocycles. The van der Waals surface area contributed by atoms with Crippen LogP contribution >= 0.6 is 11.3 Å². The van der Waals surface area contributed by atoms with Gasteiger partial charge in [0.05, 0.1) is 12.2 Å². The lowest BCUT2D eigenvalue weighted by Crippen LogP contribution is -2.11. The highest BCUT2D eigenvalue weighted by atomic mass is 32.2. The van der Waals surface area contributed by atoms with E-state index in [9.17, 15) is 8.42 Å². The Labute approximate surface area is 102 Å². The molecule has 0 aliphatic heterocycles. The fourth-order valence-corrected chi connectivity index (χ4v) is 3.07. The van der Waals surface area contributed by atoms with Crippen LogP contribution < -0.4 is 10.5 Å². The molecule has 7 nitrogen and oxygen atoms in total. The Morgan fingerprint density at radius 3 is 2.88 bits per heavy atom. The van der Waals surface area contributed by atoms with Crippen LogP contribution in [0.15, 0.2) is 21.1 Å². The highest BCUT2D eigenvalue weighted by Gasteiger charge is 2.17. The van der Waals surface area contributed by atoms with Crippen LogP contribution in [0.25, 0.3) is 0 Å². The second-order valence-electron chi connectivity index (χ2n) is 3.28. The maximum absolute atomic E-state index is 11.2. The molecule has 2 rings (SSSR count). The second kappa shape index (κ2) is 4.43. The highest BCUT2D eigenvalue weighted by molar-refractivity contribution is 7.91. The van der Waals surface area contributed by atoms with Gasteiger partial charge in [-0.25, -0.2) is 18.5 Å². The number of anilines is 1. The van der Waals surface area contributed by atoms with Crippen LogP contribution in [0.4, 0.5) is 5.13 Å². The average molecular weight is 274 g/mol. The lowest BCUT2D eigenvalue weighted by molar-refractivity contribution is 0.412. The Balaban J connectivity index is 2.13. The van der Waals surface area contributed by atoms with E-state index < -0.39 is 10.0 Å². The predicted octanol–water partition coefficient (Wildman–Crippen LogP) is 0.699. The Hall–Kier alpha value is -1.45. The molecule has 0 aliphatic rings. The maximum atomic E-state index is 11.2. The first-order valence-corrected chi connectivity index (χ1v) is 6.96. The monoisotopic (exact) mass is 274 g/mol. The van der Waals surface area contributed by atoms with Crippen molar-refractivity contribution in [3.63, 3.8) is 0 Å². The maximum Gasteiger partial charge on any atom is 0.249 e. The van der Waals surface area contributed by atoms with E-state index >= 15 is 0 Å². The van der Waals surface area contributed by atoms with Crippen molar-refractivity contribution in [2.75, 3.05) is 5.32 Å². The summed E-state index contributed by atoms with van der Waals surface area (Å²) in [6, 6.07) is 1.70. The first-order chi connectivity index (χ1) is 7.97. The van der Waals surface area contributed by atoms with Crippen molar-refractivity contribution in [3.05, 3.63) is 23.7 Å². The van der Waals surface area contributed by atoms with Gasteiger partial charge in [-0.2, -0.15) is 0 Å². The minimum Gasteiger partial charge on any atom is -0.364 e. The third-order valence-electron chi connectivity index (χ3n) is 1.92. The van der Waals surface area contributed by atoms with Crippen LogP contribution in [-0.2, 0) is 16.6 Å². The van der Waals surface area contributed by atoms with Crippen molar-refractivity contribution in [3.8, 4) is 0 Å². The van der Waals surface area contributed by atoms with Crippen molar-refractivity contribution in [2.24, 2.45) is 5.14 Å². The van der Waals surface area contributed by atoms with Crippen molar-refractivity contribution in [1.82, 2.24) is 10.1 Å². The van der Waals surface area contributed by atoms with Gasteiger partial charge >= 0.3 is 0 Å². The number of aryl methyl sites for hydroxylation is 1. The van der Waals surface area contributed by atoms with Crippen molar-refractivity contribution in [2.45, 2.75) is 17.7 Å². The molecular weight excluding hydrogens is 264 g/mol. The summed E-state index contributed by atoms with van der Waals surface area (Å²) in [6.45, 7) is 2.00. The van der Waals surface area contributed by atoms with Gasteiger partial charge in [-0.05, 0) is 6.92 Å². The third kappa shape index (κ3) is 2.81. The van der Waals surface area contributed by atoms with Gasteiger partial charge in [-0.1, -0.05) is 16.5 Å². The highest BCUT2D eigenvalue weighted by Crippen LogP contribution is 2.26. The lowest BCUT2D eigenvalue weighted by atomic mass is 10.4. The summed E-state index contributed by atoms with van der Waals surface area (Å²) < 4.78 is 27.1. The van der Waals surface area contributed by atoms with Gasteiger partial charge in [0.1, 0.15) is 12.0 Å². The predicted molar refractivity (Wildman–Crippen MR) is 62.1 cm³/mol. The molecule has 0 fully saturated rings. The van der Waals surface area contributed by atoms with Gasteiger partial charge in [-0.3, -0.25) is 0 Å². The van der Waals surface area contributed by atoms with E-state index in [4.69, 9.17) is 5.14 Å². The molecular formula is C8H10N4O3S2. The summed E-state index contributed by atoms with van der Waals surface area (Å²) in [5, 5.41) is 12.2. The van der Waals surface area contributed by atoms with Crippen LogP contribution in [0.3, 0.4) is 0 Å². The van der Waals surface area contributed by atoms with Crippen LogP contribution in [0.5, 0.6) is 0 Å². The van der Waals surface area contributed by atoms with E-state index in [0.29, 0.717) is 23.1 Å². The van der Waals surface area contributed by atoms with E-state index in [1.807, 2.05) is 0 Å². The largest absolute Gasteiger partial charge is 0.364 e. The average Bonchev–Trinajstić information content (AvgIpc) is 2.82. The van der Waals surface area contributed by atoms with Gasteiger partial charge in [0.15, 0.2) is 9.34 Å². The molecule has 0 atom stereocenters. The number of hydrogen-bond acceptors (Lipinski definition) is 7. The smallest absolute Gasteiger partial charge is 0.249 e. The normalized spacial score (nSPS) is 11.6. The molecule has 92 valence electrons. The third-order valence-corrected chi connectivity index (χ3v) is 4.59. The number of hydrogen-bond donors (Lipinski definition) is 2. The minimum atomic E-state index is -3.70. The van der Waals surface area contributed by atoms with Crippen LogP contribution in [0.2, 0.25) is 0 Å². The zero-order chi connectivity index (χ0) is 12.5. The molecule has 2 heterocycles. The number of sulfonamides is 1. The Morgan fingerprint density at radius 1 is 1.59 bits per heavy atom. The number of primary sulfonamides is 1. The first kappa shape index (κ1) is 12.0. The van der Waals surface area contributed by atoms with E-state index in [-0.39, 0.29) is 4.21 Å². The zero-order valence-electron chi connectivity index (χ0n) is 8.87. The molecule has 0 unspecified atom stereocenters. The molecule has 0 radical (unpaired) electrons. The van der Waals surface area contributed by atoms with Crippen molar-refractivity contribution >= 4 is 26.5 Å². The summed E-state index contributed by atoms with van der Waals surface area (Å²) >= 11 is 0.995. The van der Waals surface area contributed by atoms with E-state index in [2.05, 4.69) is 20.0 Å². The minimum absolute atomic E-state index is 0.0696. The molecule has 0 amide bonds. The summed E-state index contributed by atoms with van der Waals surface area (Å²) in [6.07, 6.45) is 1.46. The molecule has 9 heteroatoms. The number of rotatable bonds is 4. The Bertz CT molecular complexity index is 603. The fraction of sp³-hybridized carbons (Fsp3) is 0.250. The van der Waals surface area contributed by atoms with E-state index in [0.717, 1.165) is 11.3 Å². The summed E-state index contributed by atoms with van der Waals surface area (Å²) in [7, 11) is -3.70. The Kier molecular flexibility index (Phi) is 3.13. The number of nitrogens with zero attached hydrogens (tertiary/aromatic N) is 2. The quantitative estimate of drug-likeness (QED) is 0.848. The molecule has 2 aromatic rings. The number of nitrogens with two attached hydrogens (primary N) is 1. The van der Waals surface area contributed by atoms with E-state index in [1.165, 1.54) is 6.26 Å². The molecule has 2 aromatic heterocycles. The zero-order valence-corrected chi connectivity index (χ0v) is 10.5. The van der Waals surface area contributed by atoms with Gasteiger partial charge in [-0.15, -0.1) is 0 Å². The van der Waals surface area contributed by atoms with Crippen LogP contribution in [-0.4, -0.2) is 18.6 Å². The van der Waals surface area contributed by atoms with Gasteiger partial charge < -0.3 is 9.84 Å². The molecule has 0 aliphatic carbocycles. The van der Waals surface area contributed by atoms with Gasteiger partial charge in [0, 0.05) is 6.07 Å². The number of thiazole rings is 1.